The number of hydrogen-bond acceptors (Lipinski definition) is 3. The molecule has 2 amide bonds. The van der Waals surface area contributed by atoms with Gasteiger partial charge in [0.2, 0.25) is 0 Å². The van der Waals surface area contributed by atoms with Crippen LogP contribution in [0.25, 0.3) is 11.1 Å². The summed E-state index contributed by atoms with van der Waals surface area (Å²) in [5.41, 5.74) is 1.46. The summed E-state index contributed by atoms with van der Waals surface area (Å²) < 4.78 is 72.3. The molecule has 0 radical (unpaired) electrons. The molecule has 1 aliphatic carbocycles. The topological polar surface area (TPSA) is 70.6 Å². The van der Waals surface area contributed by atoms with E-state index in [4.69, 9.17) is 4.74 Å². The number of nitrogens with one attached hydrogen (secondary N) is 2. The van der Waals surface area contributed by atoms with Crippen LogP contribution >= 0.6 is 10.2 Å². The molecule has 182 valence electrons. The third-order valence-corrected chi connectivity index (χ3v) is 6.74. The molecule has 3 N–H and O–H groups in total. The SMILES string of the molecule is COc1ccc(-c2ccc(S(F)(F)(F)(F)F)cc2NC(=O)NC2Cc3ccccc3C2O)cc1. The molecule has 5 nitrogen and oxygen atoms in total. The lowest BCUT2D eigenvalue weighted by molar-refractivity contribution is 0.145. The predicted molar refractivity (Wildman–Crippen MR) is 121 cm³/mol. The molecule has 34 heavy (non-hydrogen) atoms. The number of hydrogen-bond donors (Lipinski definition) is 3. The van der Waals surface area contributed by atoms with Crippen molar-refractivity contribution in [2.75, 3.05) is 12.4 Å². The second-order valence-corrected chi connectivity index (χ2v) is 10.4. The number of halogens is 5. The van der Waals surface area contributed by atoms with Gasteiger partial charge in [0.15, 0.2) is 0 Å². The van der Waals surface area contributed by atoms with Gasteiger partial charge in [0.25, 0.3) is 0 Å². The Morgan fingerprint density at radius 1 is 1.00 bits per heavy atom. The molecule has 0 saturated heterocycles. The van der Waals surface area contributed by atoms with Gasteiger partial charge in [0.05, 0.1) is 24.9 Å². The zero-order valence-corrected chi connectivity index (χ0v) is 18.6. The average Bonchev–Trinajstić information content (AvgIpc) is 3.07. The van der Waals surface area contributed by atoms with Gasteiger partial charge < -0.3 is 20.5 Å². The largest absolute Gasteiger partial charge is 0.497 e. The van der Waals surface area contributed by atoms with Crippen molar-refractivity contribution < 1.29 is 34.1 Å². The summed E-state index contributed by atoms with van der Waals surface area (Å²) in [5.74, 6) is 0.481. The van der Waals surface area contributed by atoms with E-state index in [2.05, 4.69) is 10.6 Å². The number of fused-ring (bicyclic) bond motifs is 1. The first kappa shape index (κ1) is 23.8. The van der Waals surface area contributed by atoms with Crippen LogP contribution in [0, 0.1) is 0 Å². The minimum atomic E-state index is -10.00. The molecule has 0 aromatic heterocycles. The average molecular weight is 500 g/mol. The van der Waals surface area contributed by atoms with Gasteiger partial charge in [-0.1, -0.05) is 61.9 Å². The Labute approximate surface area is 192 Å². The number of methoxy groups -OCH3 is 1. The summed E-state index contributed by atoms with van der Waals surface area (Å²) in [6, 6.07) is 12.9. The molecule has 0 fully saturated rings. The summed E-state index contributed by atoms with van der Waals surface area (Å²) in [6.45, 7) is 0. The van der Waals surface area contributed by atoms with E-state index in [1.165, 1.54) is 19.2 Å². The molecule has 3 aromatic rings. The Kier molecular flexibility index (Phi) is 5.33. The number of carbonyl (C=O) groups is 1. The van der Waals surface area contributed by atoms with Gasteiger partial charge >= 0.3 is 16.3 Å². The second-order valence-electron chi connectivity index (χ2n) is 7.96. The Morgan fingerprint density at radius 2 is 1.68 bits per heavy atom. The van der Waals surface area contributed by atoms with Crippen molar-refractivity contribution in [2.24, 2.45) is 0 Å². The van der Waals surface area contributed by atoms with Crippen LogP contribution in [0.15, 0.2) is 71.6 Å². The molecule has 4 rings (SSSR count). The molecule has 0 heterocycles. The van der Waals surface area contributed by atoms with E-state index in [9.17, 15) is 29.3 Å². The maximum atomic E-state index is 13.5. The van der Waals surface area contributed by atoms with E-state index >= 15 is 0 Å². The van der Waals surface area contributed by atoms with Gasteiger partial charge in [0, 0.05) is 5.56 Å². The number of benzene rings is 3. The maximum Gasteiger partial charge on any atom is 0.319 e. The van der Waals surface area contributed by atoms with Gasteiger partial charge in [-0.15, -0.1) is 0 Å². The van der Waals surface area contributed by atoms with Crippen LogP contribution in [0.2, 0.25) is 0 Å². The Hall–Kier alpha value is -3.31. The van der Waals surface area contributed by atoms with Crippen molar-refractivity contribution in [1.82, 2.24) is 5.32 Å². The zero-order chi connectivity index (χ0) is 24.8. The fraction of sp³-hybridized carbons (Fsp3) is 0.174. The monoisotopic (exact) mass is 500 g/mol. The first-order valence-electron chi connectivity index (χ1n) is 10.1. The summed E-state index contributed by atoms with van der Waals surface area (Å²) in [6.07, 6.45) is -0.708. The Bertz CT molecular complexity index is 1250. The van der Waals surface area contributed by atoms with E-state index in [-0.39, 0.29) is 11.6 Å². The summed E-state index contributed by atoms with van der Waals surface area (Å²) in [7, 11) is -8.56. The fourth-order valence-electron chi connectivity index (χ4n) is 3.92. The highest BCUT2D eigenvalue weighted by Crippen LogP contribution is 3.02. The number of amides is 2. The van der Waals surface area contributed by atoms with E-state index in [1.807, 2.05) is 0 Å². The smallest absolute Gasteiger partial charge is 0.319 e. The fourth-order valence-corrected chi connectivity index (χ4v) is 4.59. The minimum absolute atomic E-state index is 0.0960. The minimum Gasteiger partial charge on any atom is -0.497 e. The number of carbonyl (C=O) groups excluding carboxylic acids is 1. The molecule has 2 unspecified atom stereocenters. The Morgan fingerprint density at radius 3 is 2.29 bits per heavy atom. The number of aliphatic hydroxyl groups excluding tert-OH is 1. The van der Waals surface area contributed by atoms with Crippen LogP contribution < -0.4 is 15.4 Å². The van der Waals surface area contributed by atoms with Crippen LogP contribution in [0.3, 0.4) is 0 Å². The Balaban J connectivity index is 1.65. The third-order valence-electron chi connectivity index (χ3n) is 5.60. The number of aliphatic hydroxyl groups is 1. The van der Waals surface area contributed by atoms with Gasteiger partial charge in [-0.2, -0.15) is 0 Å². The van der Waals surface area contributed by atoms with Crippen LogP contribution in [-0.4, -0.2) is 24.3 Å². The number of urea groups is 1. The molecule has 3 aromatic carbocycles. The van der Waals surface area contributed by atoms with E-state index in [1.54, 1.807) is 36.4 Å². The number of ether oxygens (including phenoxy) is 1. The van der Waals surface area contributed by atoms with Crippen molar-refractivity contribution >= 4 is 21.9 Å². The molecule has 0 bridgehead atoms. The van der Waals surface area contributed by atoms with Gasteiger partial charge in [-0.25, -0.2) is 4.79 Å². The summed E-state index contributed by atoms with van der Waals surface area (Å²) in [5, 5.41) is 15.2. The standard InChI is InChI=1S/C23H21F5N2O3S/c1-33-16-8-6-14(7-9-16)18-11-10-17(34(24,25,26,27)28)13-20(18)29-23(32)30-21-12-15-4-2-3-5-19(15)22(21)31/h2-11,13,21-22,31H,12H2,1H3,(H2,29,30,32). The lowest BCUT2D eigenvalue weighted by Crippen LogP contribution is -2.40. The molecule has 2 atom stereocenters. The normalized spacial score (nSPS) is 19.5. The second kappa shape index (κ2) is 7.60. The van der Waals surface area contributed by atoms with Crippen molar-refractivity contribution in [3.63, 3.8) is 0 Å². The molecular formula is C23H21F5N2O3S. The number of anilines is 1. The highest BCUT2D eigenvalue weighted by molar-refractivity contribution is 8.45. The van der Waals surface area contributed by atoms with E-state index in [0.717, 1.165) is 11.6 Å². The zero-order valence-electron chi connectivity index (χ0n) is 17.8. The molecule has 0 saturated carbocycles. The van der Waals surface area contributed by atoms with E-state index in [0.29, 0.717) is 29.4 Å². The quantitative estimate of drug-likeness (QED) is 0.338. The summed E-state index contributed by atoms with van der Waals surface area (Å²) in [4.78, 5) is 10.5. The molecule has 0 aliphatic heterocycles. The van der Waals surface area contributed by atoms with Crippen molar-refractivity contribution in [3.05, 3.63) is 77.9 Å². The molecular weight excluding hydrogens is 479 g/mol. The van der Waals surface area contributed by atoms with Gasteiger partial charge in [0.1, 0.15) is 10.6 Å². The van der Waals surface area contributed by atoms with Crippen LogP contribution in [0.1, 0.15) is 17.2 Å². The first-order valence-corrected chi connectivity index (χ1v) is 12.1. The third kappa shape index (κ3) is 4.95. The lowest BCUT2D eigenvalue weighted by Gasteiger charge is -2.40. The molecule has 1 aliphatic rings. The first-order chi connectivity index (χ1) is 15.7. The predicted octanol–water partition coefficient (Wildman–Crippen LogP) is 6.80. The maximum absolute atomic E-state index is 13.5. The van der Waals surface area contributed by atoms with Crippen molar-refractivity contribution in [2.45, 2.75) is 23.5 Å². The summed E-state index contributed by atoms with van der Waals surface area (Å²) >= 11 is 0. The van der Waals surface area contributed by atoms with Crippen LogP contribution in [0.4, 0.5) is 29.9 Å². The highest BCUT2D eigenvalue weighted by Gasteiger charge is 2.65. The lowest BCUT2D eigenvalue weighted by atomic mass is 10.0. The van der Waals surface area contributed by atoms with E-state index < -0.39 is 39.0 Å². The number of rotatable bonds is 5. The highest BCUT2D eigenvalue weighted by atomic mass is 32.5. The van der Waals surface area contributed by atoms with Gasteiger partial charge in [-0.05, 0) is 47.4 Å². The van der Waals surface area contributed by atoms with Gasteiger partial charge in [-0.3, -0.25) is 0 Å². The van der Waals surface area contributed by atoms with Crippen molar-refractivity contribution in [1.29, 1.82) is 0 Å². The molecule has 0 spiro atoms. The van der Waals surface area contributed by atoms with Crippen molar-refractivity contribution in [3.8, 4) is 16.9 Å². The van der Waals surface area contributed by atoms with Crippen LogP contribution in [0.5, 0.6) is 5.75 Å². The molecule has 11 heteroatoms. The van der Waals surface area contributed by atoms with Crippen LogP contribution in [-0.2, 0) is 6.42 Å².